The summed E-state index contributed by atoms with van der Waals surface area (Å²) in [6, 6.07) is 0. The second-order valence-electron chi connectivity index (χ2n) is 4.67. The maximum Gasteiger partial charge on any atom is 0.358 e. The standard InChI is InChI=1S/C14H17N3O4/c1-4-21-13(20)11-7-17-9(3)10(5-6-12(18)19)8(2)15-14(17)16-11/h7H,4-6H2,1-3H3,(H,18,19). The lowest BCUT2D eigenvalue weighted by molar-refractivity contribution is -0.136. The van der Waals surface area contributed by atoms with E-state index in [2.05, 4.69) is 9.97 Å². The van der Waals surface area contributed by atoms with E-state index < -0.39 is 11.9 Å². The van der Waals surface area contributed by atoms with E-state index in [0.717, 1.165) is 17.0 Å². The molecule has 0 amide bonds. The van der Waals surface area contributed by atoms with Crippen molar-refractivity contribution in [2.75, 3.05) is 6.61 Å². The van der Waals surface area contributed by atoms with Gasteiger partial charge >= 0.3 is 11.9 Å². The van der Waals surface area contributed by atoms with Gasteiger partial charge in [-0.25, -0.2) is 14.8 Å². The Bertz CT molecular complexity index is 706. The van der Waals surface area contributed by atoms with Crippen molar-refractivity contribution in [1.29, 1.82) is 0 Å². The summed E-state index contributed by atoms with van der Waals surface area (Å²) in [5.74, 6) is -0.939. The SMILES string of the molecule is CCOC(=O)c1cn2c(C)c(CCC(=O)O)c(C)nc2n1. The minimum absolute atomic E-state index is 0.0360. The van der Waals surface area contributed by atoms with Crippen LogP contribution in [0.1, 0.15) is 40.8 Å². The van der Waals surface area contributed by atoms with Crippen molar-refractivity contribution in [3.05, 3.63) is 28.8 Å². The molecule has 0 bridgehead atoms. The molecule has 0 radical (unpaired) electrons. The number of ether oxygens (including phenoxy) is 1. The highest BCUT2D eigenvalue weighted by Gasteiger charge is 2.16. The van der Waals surface area contributed by atoms with E-state index in [0.29, 0.717) is 12.2 Å². The third-order valence-electron chi connectivity index (χ3n) is 3.26. The number of nitrogens with zero attached hydrogens (tertiary/aromatic N) is 3. The van der Waals surface area contributed by atoms with Gasteiger partial charge in [0.05, 0.1) is 6.61 Å². The van der Waals surface area contributed by atoms with E-state index in [1.54, 1.807) is 17.5 Å². The average molecular weight is 291 g/mol. The van der Waals surface area contributed by atoms with Crippen molar-refractivity contribution >= 4 is 17.7 Å². The number of carboxylic acids is 1. The van der Waals surface area contributed by atoms with Crippen LogP contribution in [0.3, 0.4) is 0 Å². The second kappa shape index (κ2) is 5.90. The van der Waals surface area contributed by atoms with Gasteiger partial charge < -0.3 is 9.84 Å². The maximum absolute atomic E-state index is 11.7. The molecule has 0 spiro atoms. The van der Waals surface area contributed by atoms with Gasteiger partial charge in [-0.2, -0.15) is 0 Å². The molecule has 2 rings (SSSR count). The summed E-state index contributed by atoms with van der Waals surface area (Å²) in [5.41, 5.74) is 2.61. The van der Waals surface area contributed by atoms with Crippen molar-refractivity contribution < 1.29 is 19.4 Å². The molecule has 0 aromatic carbocycles. The molecular formula is C14H17N3O4. The summed E-state index contributed by atoms with van der Waals surface area (Å²) >= 11 is 0. The number of hydrogen-bond acceptors (Lipinski definition) is 5. The number of hydrogen-bond donors (Lipinski definition) is 1. The fourth-order valence-corrected chi connectivity index (χ4v) is 2.22. The minimum atomic E-state index is -0.855. The first-order chi connectivity index (χ1) is 9.93. The third kappa shape index (κ3) is 3.01. The molecule has 0 aliphatic rings. The first kappa shape index (κ1) is 15.0. The van der Waals surface area contributed by atoms with Crippen molar-refractivity contribution in [1.82, 2.24) is 14.4 Å². The number of aliphatic carboxylic acids is 1. The molecule has 0 fully saturated rings. The largest absolute Gasteiger partial charge is 0.481 e. The Morgan fingerprint density at radius 2 is 2.05 bits per heavy atom. The summed E-state index contributed by atoms with van der Waals surface area (Å²) in [4.78, 5) is 30.9. The molecule has 0 aliphatic carbocycles. The molecular weight excluding hydrogens is 274 g/mol. The Labute approximate surface area is 121 Å². The molecule has 21 heavy (non-hydrogen) atoms. The zero-order chi connectivity index (χ0) is 15.6. The van der Waals surface area contributed by atoms with Crippen LogP contribution < -0.4 is 0 Å². The summed E-state index contributed by atoms with van der Waals surface area (Å²) in [7, 11) is 0. The molecule has 2 heterocycles. The number of rotatable bonds is 5. The highest BCUT2D eigenvalue weighted by Crippen LogP contribution is 2.17. The van der Waals surface area contributed by atoms with E-state index in [-0.39, 0.29) is 18.7 Å². The summed E-state index contributed by atoms with van der Waals surface area (Å²) < 4.78 is 6.61. The number of carbonyl (C=O) groups excluding carboxylic acids is 1. The number of imidazole rings is 1. The highest BCUT2D eigenvalue weighted by molar-refractivity contribution is 5.87. The number of esters is 1. The Morgan fingerprint density at radius 3 is 2.67 bits per heavy atom. The lowest BCUT2D eigenvalue weighted by atomic mass is 10.1. The van der Waals surface area contributed by atoms with E-state index in [1.807, 2.05) is 13.8 Å². The van der Waals surface area contributed by atoms with Crippen molar-refractivity contribution in [2.45, 2.75) is 33.6 Å². The van der Waals surface area contributed by atoms with Crippen LogP contribution >= 0.6 is 0 Å². The number of carboxylic acid groups (broad SMARTS) is 1. The third-order valence-corrected chi connectivity index (χ3v) is 3.26. The lowest BCUT2D eigenvalue weighted by Gasteiger charge is -2.09. The first-order valence-corrected chi connectivity index (χ1v) is 6.68. The van der Waals surface area contributed by atoms with Crippen molar-refractivity contribution in [3.8, 4) is 0 Å². The smallest absolute Gasteiger partial charge is 0.358 e. The minimum Gasteiger partial charge on any atom is -0.481 e. The number of carbonyl (C=O) groups is 2. The predicted molar refractivity (Wildman–Crippen MR) is 74.4 cm³/mol. The summed E-state index contributed by atoms with van der Waals surface area (Å²) in [5, 5.41) is 8.81. The molecule has 112 valence electrons. The van der Waals surface area contributed by atoms with Gasteiger partial charge in [0.2, 0.25) is 5.78 Å². The van der Waals surface area contributed by atoms with E-state index in [4.69, 9.17) is 9.84 Å². The molecule has 0 aliphatic heterocycles. The van der Waals surface area contributed by atoms with Crippen LogP contribution in [0.15, 0.2) is 6.20 Å². The lowest BCUT2D eigenvalue weighted by Crippen LogP contribution is -2.06. The van der Waals surface area contributed by atoms with Gasteiger partial charge in [0, 0.05) is 24.0 Å². The Hall–Kier alpha value is -2.44. The fraction of sp³-hybridized carbons (Fsp3) is 0.429. The predicted octanol–water partition coefficient (Wildman–Crippen LogP) is 1.54. The van der Waals surface area contributed by atoms with Crippen LogP contribution in [0.4, 0.5) is 0 Å². The first-order valence-electron chi connectivity index (χ1n) is 6.68. The normalized spacial score (nSPS) is 10.8. The van der Waals surface area contributed by atoms with Crippen LogP contribution in [-0.4, -0.2) is 38.0 Å². The molecule has 7 heteroatoms. The number of aryl methyl sites for hydroxylation is 2. The van der Waals surface area contributed by atoms with Crippen LogP contribution in [0.2, 0.25) is 0 Å². The van der Waals surface area contributed by atoms with Gasteiger partial charge in [-0.1, -0.05) is 0 Å². The van der Waals surface area contributed by atoms with Gasteiger partial charge in [0.15, 0.2) is 5.69 Å². The molecule has 2 aromatic rings. The summed E-state index contributed by atoms with van der Waals surface area (Å²) in [6.07, 6.45) is 2.00. The molecule has 2 aromatic heterocycles. The van der Waals surface area contributed by atoms with Crippen LogP contribution in [0.5, 0.6) is 0 Å². The van der Waals surface area contributed by atoms with Crippen LogP contribution in [0, 0.1) is 13.8 Å². The van der Waals surface area contributed by atoms with Gasteiger partial charge in [-0.05, 0) is 32.8 Å². The van der Waals surface area contributed by atoms with Crippen LogP contribution in [-0.2, 0) is 16.0 Å². The second-order valence-corrected chi connectivity index (χ2v) is 4.67. The zero-order valence-electron chi connectivity index (χ0n) is 12.2. The van der Waals surface area contributed by atoms with E-state index in [1.165, 1.54) is 0 Å². The van der Waals surface area contributed by atoms with Crippen molar-refractivity contribution in [3.63, 3.8) is 0 Å². The topological polar surface area (TPSA) is 93.8 Å². The average Bonchev–Trinajstić information content (AvgIpc) is 2.82. The summed E-state index contributed by atoms with van der Waals surface area (Å²) in [6.45, 7) is 5.67. The molecule has 1 N–H and O–H groups in total. The Balaban J connectivity index is 2.45. The monoisotopic (exact) mass is 291 g/mol. The molecule has 0 unspecified atom stereocenters. The zero-order valence-corrected chi connectivity index (χ0v) is 12.2. The van der Waals surface area contributed by atoms with E-state index >= 15 is 0 Å². The van der Waals surface area contributed by atoms with Gasteiger partial charge in [0.1, 0.15) is 0 Å². The number of fused-ring (bicyclic) bond motifs is 1. The van der Waals surface area contributed by atoms with Gasteiger partial charge in [0.25, 0.3) is 0 Å². The fourth-order valence-electron chi connectivity index (χ4n) is 2.22. The van der Waals surface area contributed by atoms with Gasteiger partial charge in [-0.3, -0.25) is 9.20 Å². The van der Waals surface area contributed by atoms with Gasteiger partial charge in [-0.15, -0.1) is 0 Å². The molecule has 0 saturated heterocycles. The quantitative estimate of drug-likeness (QED) is 0.840. The highest BCUT2D eigenvalue weighted by atomic mass is 16.5. The van der Waals surface area contributed by atoms with Crippen LogP contribution in [0.25, 0.3) is 5.78 Å². The maximum atomic E-state index is 11.7. The van der Waals surface area contributed by atoms with E-state index in [9.17, 15) is 9.59 Å². The van der Waals surface area contributed by atoms with Crippen molar-refractivity contribution in [2.24, 2.45) is 0 Å². The Kier molecular flexibility index (Phi) is 4.21. The Morgan fingerprint density at radius 1 is 1.33 bits per heavy atom. The molecule has 0 atom stereocenters. The number of aromatic nitrogens is 3. The molecule has 7 nitrogen and oxygen atoms in total. The molecule has 0 saturated carbocycles.